The topological polar surface area (TPSA) is 69.4 Å². The van der Waals surface area contributed by atoms with Gasteiger partial charge in [0.1, 0.15) is 0 Å². The molecule has 138 valence electrons. The fourth-order valence-electron chi connectivity index (χ4n) is 2.68. The Bertz CT molecular complexity index is 731. The Morgan fingerprint density at radius 1 is 1.00 bits per heavy atom. The van der Waals surface area contributed by atoms with E-state index >= 15 is 0 Å². The third-order valence-electron chi connectivity index (χ3n) is 4.25. The van der Waals surface area contributed by atoms with Crippen molar-refractivity contribution in [3.8, 4) is 0 Å². The first kappa shape index (κ1) is 20.1. The molecule has 26 heavy (non-hydrogen) atoms. The normalized spacial score (nSPS) is 13.0. The minimum Gasteiger partial charge on any atom is -0.464 e. The van der Waals surface area contributed by atoms with Gasteiger partial charge in [-0.1, -0.05) is 68.1 Å². The summed E-state index contributed by atoms with van der Waals surface area (Å²) < 4.78 is 5.36. The van der Waals surface area contributed by atoms with E-state index in [-0.39, 0.29) is 6.61 Å². The van der Waals surface area contributed by atoms with Crippen LogP contribution in [0.15, 0.2) is 54.6 Å². The molecule has 0 aliphatic carbocycles. The molecule has 0 bridgehead atoms. The van der Waals surface area contributed by atoms with Crippen LogP contribution in [0, 0.1) is 0 Å². The molecule has 0 heterocycles. The van der Waals surface area contributed by atoms with Crippen LogP contribution in [0.2, 0.25) is 5.02 Å². The van der Waals surface area contributed by atoms with E-state index in [0.29, 0.717) is 16.1 Å². The van der Waals surface area contributed by atoms with Crippen molar-refractivity contribution >= 4 is 23.4 Å². The number of unbranched alkanes of at least 4 members (excludes halogenated alkanes) is 3. The molecular weight excluding hydrogens is 350 g/mol. The van der Waals surface area contributed by atoms with E-state index < -0.39 is 17.3 Å². The minimum absolute atomic E-state index is 0.249. The van der Waals surface area contributed by atoms with Crippen LogP contribution in [0.5, 0.6) is 0 Å². The largest absolute Gasteiger partial charge is 0.464 e. The third kappa shape index (κ3) is 4.71. The first-order valence-electron chi connectivity index (χ1n) is 8.82. The van der Waals surface area contributed by atoms with Crippen LogP contribution < -0.4 is 5.73 Å². The van der Waals surface area contributed by atoms with Crippen LogP contribution in [0.1, 0.15) is 48.5 Å². The SMILES string of the molecule is CCCCCCOC(=O)C(N)(C(=O)c1ccc(Cl)cc1)c1ccccc1. The van der Waals surface area contributed by atoms with Crippen LogP contribution in [-0.2, 0) is 15.1 Å². The highest BCUT2D eigenvalue weighted by Crippen LogP contribution is 2.26. The molecule has 0 saturated heterocycles. The third-order valence-corrected chi connectivity index (χ3v) is 4.50. The number of Topliss-reactive ketones (excluding diaryl/α,β-unsaturated/α-hetero) is 1. The summed E-state index contributed by atoms with van der Waals surface area (Å²) in [4.78, 5) is 25.9. The second kappa shape index (κ2) is 9.51. The number of rotatable bonds is 9. The Labute approximate surface area is 159 Å². The summed E-state index contributed by atoms with van der Waals surface area (Å²) in [6, 6.07) is 14.9. The molecule has 2 rings (SSSR count). The van der Waals surface area contributed by atoms with Crippen LogP contribution in [-0.4, -0.2) is 18.4 Å². The van der Waals surface area contributed by atoms with Gasteiger partial charge in [0, 0.05) is 10.6 Å². The number of carbonyl (C=O) groups excluding carboxylic acids is 2. The van der Waals surface area contributed by atoms with Gasteiger partial charge in [0.25, 0.3) is 0 Å². The average Bonchev–Trinajstić information content (AvgIpc) is 2.67. The van der Waals surface area contributed by atoms with Crippen molar-refractivity contribution in [3.05, 3.63) is 70.7 Å². The summed E-state index contributed by atoms with van der Waals surface area (Å²) in [5.74, 6) is -1.25. The average molecular weight is 374 g/mol. The van der Waals surface area contributed by atoms with Gasteiger partial charge >= 0.3 is 5.97 Å². The second-order valence-electron chi connectivity index (χ2n) is 6.21. The van der Waals surface area contributed by atoms with E-state index in [1.165, 1.54) is 0 Å². The number of hydrogen-bond donors (Lipinski definition) is 1. The van der Waals surface area contributed by atoms with Gasteiger partial charge in [0.2, 0.25) is 5.54 Å². The Kier molecular flexibility index (Phi) is 7.37. The van der Waals surface area contributed by atoms with Crippen LogP contribution >= 0.6 is 11.6 Å². The minimum atomic E-state index is -1.89. The first-order valence-corrected chi connectivity index (χ1v) is 9.20. The van der Waals surface area contributed by atoms with Crippen molar-refractivity contribution in [1.82, 2.24) is 0 Å². The van der Waals surface area contributed by atoms with Crippen LogP contribution in [0.4, 0.5) is 0 Å². The summed E-state index contributed by atoms with van der Waals surface area (Å²) in [5.41, 5.74) is 5.18. The smallest absolute Gasteiger partial charge is 0.339 e. The number of nitrogens with two attached hydrogens (primary N) is 1. The Morgan fingerprint density at radius 3 is 2.27 bits per heavy atom. The molecule has 0 spiro atoms. The lowest BCUT2D eigenvalue weighted by atomic mass is 9.83. The molecule has 2 aromatic carbocycles. The summed E-state index contributed by atoms with van der Waals surface area (Å²) >= 11 is 5.89. The standard InChI is InChI=1S/C21H24ClNO3/c1-2-3-4-8-15-26-20(25)21(23,17-9-6-5-7-10-17)19(24)16-11-13-18(22)14-12-16/h5-7,9-14H,2-4,8,15,23H2,1H3. The molecule has 4 nitrogen and oxygen atoms in total. The van der Waals surface area contributed by atoms with Gasteiger partial charge in [-0.25, -0.2) is 4.79 Å². The summed E-state index contributed by atoms with van der Waals surface area (Å²) in [6.45, 7) is 2.36. The predicted octanol–water partition coefficient (Wildman–Crippen LogP) is 4.50. The number of benzene rings is 2. The fourth-order valence-corrected chi connectivity index (χ4v) is 2.81. The molecule has 0 aromatic heterocycles. The molecule has 0 amide bonds. The maximum atomic E-state index is 13.1. The molecule has 5 heteroatoms. The molecule has 2 N–H and O–H groups in total. The maximum absolute atomic E-state index is 13.1. The molecule has 0 aliphatic heterocycles. The zero-order chi connectivity index (χ0) is 19.0. The van der Waals surface area contributed by atoms with Crippen molar-refractivity contribution in [2.24, 2.45) is 5.73 Å². The number of hydrogen-bond acceptors (Lipinski definition) is 4. The van der Waals surface area contributed by atoms with E-state index in [1.807, 2.05) is 0 Å². The molecule has 0 saturated carbocycles. The summed E-state index contributed by atoms with van der Waals surface area (Å²) in [5, 5.41) is 0.502. The summed E-state index contributed by atoms with van der Waals surface area (Å²) in [6.07, 6.45) is 3.89. The molecular formula is C21H24ClNO3. The number of ether oxygens (including phenoxy) is 1. The zero-order valence-corrected chi connectivity index (χ0v) is 15.7. The van der Waals surface area contributed by atoms with Gasteiger partial charge in [0.05, 0.1) is 6.61 Å². The predicted molar refractivity (Wildman–Crippen MR) is 103 cm³/mol. The van der Waals surface area contributed by atoms with Crippen molar-refractivity contribution in [2.45, 2.75) is 38.1 Å². The van der Waals surface area contributed by atoms with E-state index in [9.17, 15) is 9.59 Å². The molecule has 1 unspecified atom stereocenters. The maximum Gasteiger partial charge on any atom is 0.339 e. The lowest BCUT2D eigenvalue weighted by molar-refractivity contribution is -0.148. The second-order valence-corrected chi connectivity index (χ2v) is 6.64. The highest BCUT2D eigenvalue weighted by atomic mass is 35.5. The Morgan fingerprint density at radius 2 is 1.65 bits per heavy atom. The molecule has 2 aromatic rings. The monoisotopic (exact) mass is 373 g/mol. The van der Waals surface area contributed by atoms with Crippen LogP contribution in [0.25, 0.3) is 0 Å². The van der Waals surface area contributed by atoms with Gasteiger partial charge in [0.15, 0.2) is 5.78 Å². The van der Waals surface area contributed by atoms with E-state index in [4.69, 9.17) is 22.1 Å². The fraction of sp³-hybridized carbons (Fsp3) is 0.333. The lowest BCUT2D eigenvalue weighted by Crippen LogP contribution is -2.53. The van der Waals surface area contributed by atoms with E-state index in [2.05, 4.69) is 6.92 Å². The Balaban J connectivity index is 2.26. The zero-order valence-electron chi connectivity index (χ0n) is 14.9. The van der Waals surface area contributed by atoms with Crippen molar-refractivity contribution in [1.29, 1.82) is 0 Å². The van der Waals surface area contributed by atoms with Crippen LogP contribution in [0.3, 0.4) is 0 Å². The van der Waals surface area contributed by atoms with Crippen molar-refractivity contribution in [2.75, 3.05) is 6.61 Å². The van der Waals surface area contributed by atoms with Gasteiger partial charge in [-0.2, -0.15) is 0 Å². The number of ketones is 1. The molecule has 1 atom stereocenters. The molecule has 0 aliphatic rings. The van der Waals surface area contributed by atoms with E-state index in [1.54, 1.807) is 54.6 Å². The van der Waals surface area contributed by atoms with Gasteiger partial charge in [-0.3, -0.25) is 4.79 Å². The number of halogens is 1. The van der Waals surface area contributed by atoms with Crippen molar-refractivity contribution in [3.63, 3.8) is 0 Å². The molecule has 0 radical (unpaired) electrons. The van der Waals surface area contributed by atoms with Gasteiger partial charge in [-0.15, -0.1) is 0 Å². The first-order chi connectivity index (χ1) is 12.5. The quantitative estimate of drug-likeness (QED) is 0.304. The number of esters is 1. The Hall–Kier alpha value is -2.17. The number of carbonyl (C=O) groups is 2. The van der Waals surface area contributed by atoms with Gasteiger partial charge < -0.3 is 10.5 Å². The molecule has 0 fully saturated rings. The lowest BCUT2D eigenvalue weighted by Gasteiger charge is -2.26. The van der Waals surface area contributed by atoms with E-state index in [0.717, 1.165) is 25.7 Å². The highest BCUT2D eigenvalue weighted by molar-refractivity contribution is 6.30. The highest BCUT2D eigenvalue weighted by Gasteiger charge is 2.45. The van der Waals surface area contributed by atoms with Crippen molar-refractivity contribution < 1.29 is 14.3 Å². The van der Waals surface area contributed by atoms with Gasteiger partial charge in [-0.05, 0) is 36.2 Å². The summed E-state index contributed by atoms with van der Waals surface area (Å²) in [7, 11) is 0.